The predicted octanol–water partition coefficient (Wildman–Crippen LogP) is 5.38. The molecular weight excluding hydrogens is 434 g/mol. The van der Waals surface area contributed by atoms with E-state index < -0.39 is 23.3 Å². The first-order chi connectivity index (χ1) is 13.0. The molecule has 5 nitrogen and oxygen atoms in total. The zero-order valence-electron chi connectivity index (χ0n) is 15.3. The van der Waals surface area contributed by atoms with Gasteiger partial charge in [-0.2, -0.15) is 0 Å². The van der Waals surface area contributed by atoms with Gasteiger partial charge in [0.25, 0.3) is 0 Å². The van der Waals surface area contributed by atoms with Gasteiger partial charge in [-0.15, -0.1) is 0 Å². The quantitative estimate of drug-likeness (QED) is 0.570. The lowest BCUT2D eigenvalue weighted by molar-refractivity contribution is 0.0635. The Balaban J connectivity index is 2.12. The molecule has 146 valence electrons. The molecule has 8 heteroatoms. The fraction of sp³-hybridized carbons (Fsp3) is 0.200. The molecule has 0 spiro atoms. The number of hydrogen-bond acceptors (Lipinski definition) is 3. The van der Waals surface area contributed by atoms with Crippen LogP contribution >= 0.6 is 15.9 Å². The van der Waals surface area contributed by atoms with Gasteiger partial charge in [-0.3, -0.25) is 10.1 Å². The third kappa shape index (κ3) is 4.22. The van der Waals surface area contributed by atoms with Crippen LogP contribution in [0.15, 0.2) is 51.9 Å². The third-order valence-corrected chi connectivity index (χ3v) is 4.28. The highest BCUT2D eigenvalue weighted by atomic mass is 79.9. The van der Waals surface area contributed by atoms with Crippen molar-refractivity contribution in [3.8, 4) is 5.69 Å². The molecule has 0 aliphatic heterocycles. The maximum absolute atomic E-state index is 14.6. The number of amides is 1. The van der Waals surface area contributed by atoms with Gasteiger partial charge in [-0.1, -0.05) is 15.9 Å². The minimum Gasteiger partial charge on any atom is -0.444 e. The molecule has 0 atom stereocenters. The molecule has 1 N–H and O–H groups in total. The van der Waals surface area contributed by atoms with Crippen molar-refractivity contribution in [2.24, 2.45) is 0 Å². The highest BCUT2D eigenvalue weighted by Crippen LogP contribution is 2.27. The van der Waals surface area contributed by atoms with E-state index in [0.717, 1.165) is 6.07 Å². The van der Waals surface area contributed by atoms with Crippen LogP contribution in [0.3, 0.4) is 0 Å². The topological polar surface area (TPSA) is 60.3 Å². The molecule has 2 aromatic carbocycles. The van der Waals surface area contributed by atoms with E-state index in [0.29, 0.717) is 21.4 Å². The monoisotopic (exact) mass is 450 g/mol. The SMILES string of the molecule is CC(C)(C)OC(=O)Nc1cc(-n2ccc(=O)c3ccc(Br)cc32)c(F)cc1F. The second-order valence-corrected chi connectivity index (χ2v) is 8.04. The van der Waals surface area contributed by atoms with Gasteiger partial charge in [-0.25, -0.2) is 13.6 Å². The zero-order valence-corrected chi connectivity index (χ0v) is 16.9. The normalized spacial score (nSPS) is 11.5. The van der Waals surface area contributed by atoms with Crippen molar-refractivity contribution in [2.75, 3.05) is 5.32 Å². The van der Waals surface area contributed by atoms with Crippen LogP contribution in [0.2, 0.25) is 0 Å². The molecule has 1 aromatic heterocycles. The number of ether oxygens (including phenoxy) is 1. The highest BCUT2D eigenvalue weighted by Gasteiger charge is 2.19. The molecule has 0 saturated heterocycles. The average molecular weight is 451 g/mol. The number of aromatic nitrogens is 1. The lowest BCUT2D eigenvalue weighted by Gasteiger charge is -2.20. The lowest BCUT2D eigenvalue weighted by atomic mass is 10.2. The van der Waals surface area contributed by atoms with Gasteiger partial charge < -0.3 is 9.30 Å². The Morgan fingerprint density at radius 3 is 2.50 bits per heavy atom. The number of nitrogens with zero attached hydrogens (tertiary/aromatic N) is 1. The number of anilines is 1. The van der Waals surface area contributed by atoms with Crippen molar-refractivity contribution >= 4 is 38.6 Å². The highest BCUT2D eigenvalue weighted by molar-refractivity contribution is 9.10. The summed E-state index contributed by atoms with van der Waals surface area (Å²) >= 11 is 3.33. The molecule has 0 fully saturated rings. The number of hydrogen-bond donors (Lipinski definition) is 1. The number of halogens is 3. The summed E-state index contributed by atoms with van der Waals surface area (Å²) in [6.45, 7) is 5.01. The second kappa shape index (κ2) is 7.35. The van der Waals surface area contributed by atoms with Crippen LogP contribution in [0.5, 0.6) is 0 Å². The van der Waals surface area contributed by atoms with Crippen LogP contribution in [-0.4, -0.2) is 16.3 Å². The van der Waals surface area contributed by atoms with E-state index in [1.165, 1.54) is 16.8 Å². The van der Waals surface area contributed by atoms with E-state index in [2.05, 4.69) is 21.2 Å². The molecule has 1 heterocycles. The maximum atomic E-state index is 14.6. The molecular formula is C20H17BrF2N2O3. The van der Waals surface area contributed by atoms with Crippen molar-refractivity contribution < 1.29 is 18.3 Å². The first kappa shape index (κ1) is 20.0. The summed E-state index contributed by atoms with van der Waals surface area (Å²) < 4.78 is 36.0. The Labute approximate surface area is 168 Å². The van der Waals surface area contributed by atoms with E-state index in [-0.39, 0.29) is 16.8 Å². The van der Waals surface area contributed by atoms with Crippen LogP contribution in [0.25, 0.3) is 16.6 Å². The van der Waals surface area contributed by atoms with E-state index in [4.69, 9.17) is 4.74 Å². The Kier molecular flexibility index (Phi) is 5.25. The molecule has 0 unspecified atom stereocenters. The molecule has 1 amide bonds. The molecule has 0 radical (unpaired) electrons. The van der Waals surface area contributed by atoms with Crippen LogP contribution in [0, 0.1) is 11.6 Å². The van der Waals surface area contributed by atoms with Crippen molar-refractivity contribution in [1.29, 1.82) is 0 Å². The smallest absolute Gasteiger partial charge is 0.412 e. The minimum atomic E-state index is -0.946. The summed E-state index contributed by atoms with van der Waals surface area (Å²) in [4.78, 5) is 24.1. The van der Waals surface area contributed by atoms with Crippen molar-refractivity contribution in [1.82, 2.24) is 4.57 Å². The third-order valence-electron chi connectivity index (χ3n) is 3.79. The molecule has 0 saturated carbocycles. The molecule has 3 rings (SSSR count). The number of nitrogens with one attached hydrogen (secondary N) is 1. The largest absolute Gasteiger partial charge is 0.444 e. The number of pyridine rings is 1. The van der Waals surface area contributed by atoms with Crippen LogP contribution in [0.1, 0.15) is 20.8 Å². The Bertz CT molecular complexity index is 1140. The Hall–Kier alpha value is -2.74. The van der Waals surface area contributed by atoms with Crippen LogP contribution in [-0.2, 0) is 4.74 Å². The fourth-order valence-electron chi connectivity index (χ4n) is 2.67. The van der Waals surface area contributed by atoms with Gasteiger partial charge in [0.2, 0.25) is 0 Å². The van der Waals surface area contributed by atoms with Gasteiger partial charge in [0, 0.05) is 28.2 Å². The van der Waals surface area contributed by atoms with Crippen LogP contribution in [0.4, 0.5) is 19.3 Å². The maximum Gasteiger partial charge on any atom is 0.412 e. The van der Waals surface area contributed by atoms with Gasteiger partial charge in [0.05, 0.1) is 16.9 Å². The summed E-state index contributed by atoms with van der Waals surface area (Å²) in [7, 11) is 0. The van der Waals surface area contributed by atoms with Gasteiger partial charge in [-0.05, 0) is 45.0 Å². The summed E-state index contributed by atoms with van der Waals surface area (Å²) in [5.74, 6) is -1.80. The molecule has 28 heavy (non-hydrogen) atoms. The number of carbonyl (C=O) groups is 1. The number of carbonyl (C=O) groups excluding carboxylic acids is 1. The standard InChI is InChI=1S/C20H17BrF2N2O3/c1-20(2,3)28-19(27)24-15-10-17(14(23)9-13(15)22)25-7-6-18(26)12-5-4-11(21)8-16(12)25/h4-10H,1-3H3,(H,24,27). The van der Waals surface area contributed by atoms with Crippen molar-refractivity contribution in [2.45, 2.75) is 26.4 Å². The van der Waals surface area contributed by atoms with Crippen molar-refractivity contribution in [3.63, 3.8) is 0 Å². The first-order valence-electron chi connectivity index (χ1n) is 8.35. The summed E-state index contributed by atoms with van der Waals surface area (Å²) in [6, 6.07) is 8.08. The summed E-state index contributed by atoms with van der Waals surface area (Å²) in [5, 5.41) is 2.66. The van der Waals surface area contributed by atoms with E-state index in [1.807, 2.05) is 0 Å². The van der Waals surface area contributed by atoms with Gasteiger partial charge >= 0.3 is 6.09 Å². The molecule has 0 aliphatic rings. The number of rotatable bonds is 2. The Morgan fingerprint density at radius 1 is 1.11 bits per heavy atom. The zero-order chi connectivity index (χ0) is 20.6. The van der Waals surface area contributed by atoms with E-state index in [1.54, 1.807) is 39.0 Å². The van der Waals surface area contributed by atoms with E-state index in [9.17, 15) is 18.4 Å². The predicted molar refractivity (Wildman–Crippen MR) is 107 cm³/mol. The summed E-state index contributed by atoms with van der Waals surface area (Å²) in [6.07, 6.45) is 0.529. The molecule has 3 aromatic rings. The van der Waals surface area contributed by atoms with Crippen LogP contribution < -0.4 is 10.7 Å². The van der Waals surface area contributed by atoms with E-state index >= 15 is 0 Å². The molecule has 0 bridgehead atoms. The lowest BCUT2D eigenvalue weighted by Crippen LogP contribution is -2.27. The second-order valence-electron chi connectivity index (χ2n) is 7.12. The first-order valence-corrected chi connectivity index (χ1v) is 9.15. The van der Waals surface area contributed by atoms with Gasteiger partial charge in [0.15, 0.2) is 5.43 Å². The number of benzene rings is 2. The average Bonchev–Trinajstić information content (AvgIpc) is 2.56. The van der Waals surface area contributed by atoms with Crippen molar-refractivity contribution in [3.05, 3.63) is 68.9 Å². The Morgan fingerprint density at radius 2 is 1.82 bits per heavy atom. The summed E-state index contributed by atoms with van der Waals surface area (Å²) in [5.41, 5.74) is -0.850. The van der Waals surface area contributed by atoms with Gasteiger partial charge in [0.1, 0.15) is 17.2 Å². The fourth-order valence-corrected chi connectivity index (χ4v) is 3.02. The minimum absolute atomic E-state index is 0.0319. The number of fused-ring (bicyclic) bond motifs is 1. The molecule has 0 aliphatic carbocycles.